The maximum absolute atomic E-state index is 12.5. The van der Waals surface area contributed by atoms with E-state index in [0.29, 0.717) is 25.2 Å². The highest BCUT2D eigenvalue weighted by Gasteiger charge is 2.36. The Balaban J connectivity index is 1.43. The first-order valence-electron chi connectivity index (χ1n) is 9.51. The second kappa shape index (κ2) is 7.61. The van der Waals surface area contributed by atoms with Gasteiger partial charge in [-0.2, -0.15) is 0 Å². The van der Waals surface area contributed by atoms with Crippen molar-refractivity contribution >= 4 is 5.91 Å². The van der Waals surface area contributed by atoms with Gasteiger partial charge in [0.1, 0.15) is 11.5 Å². The van der Waals surface area contributed by atoms with Crippen molar-refractivity contribution in [3.8, 4) is 11.5 Å². The van der Waals surface area contributed by atoms with Crippen LogP contribution in [0.5, 0.6) is 11.5 Å². The molecule has 4 rings (SSSR count). The number of aliphatic hydroxyl groups excluding tert-OH is 1. The van der Waals surface area contributed by atoms with E-state index >= 15 is 0 Å². The molecule has 142 valence electrons. The Morgan fingerprint density at radius 2 is 2.04 bits per heavy atom. The number of rotatable bonds is 6. The van der Waals surface area contributed by atoms with Crippen LogP contribution in [0.4, 0.5) is 0 Å². The predicted octanol–water partition coefficient (Wildman–Crippen LogP) is 2.94. The van der Waals surface area contributed by atoms with Crippen LogP contribution in [0.25, 0.3) is 0 Å². The van der Waals surface area contributed by atoms with Crippen molar-refractivity contribution in [2.24, 2.45) is 5.92 Å². The van der Waals surface area contributed by atoms with Gasteiger partial charge in [-0.1, -0.05) is 23.8 Å². The molecule has 1 saturated carbocycles. The lowest BCUT2D eigenvalue weighted by Gasteiger charge is -2.38. The summed E-state index contributed by atoms with van der Waals surface area (Å²) >= 11 is 0. The van der Waals surface area contributed by atoms with Crippen molar-refractivity contribution in [2.45, 2.75) is 38.3 Å². The highest BCUT2D eigenvalue weighted by molar-refractivity contribution is 5.78. The number of fused-ring (bicyclic) bond motifs is 1. The SMILES string of the molecule is Cc1ccc(OCC(=O)NC(c2ccc3c(c2)CCO3)C2CC(O)C2)cc1. The second-order valence-electron chi connectivity index (χ2n) is 7.50. The summed E-state index contributed by atoms with van der Waals surface area (Å²) < 4.78 is 11.2. The number of carbonyl (C=O) groups excluding carboxylic acids is 1. The number of amides is 1. The third kappa shape index (κ3) is 4.08. The molecule has 5 nitrogen and oxygen atoms in total. The van der Waals surface area contributed by atoms with Crippen LogP contribution >= 0.6 is 0 Å². The van der Waals surface area contributed by atoms with Crippen LogP contribution in [0.3, 0.4) is 0 Å². The lowest BCUT2D eigenvalue weighted by atomic mass is 9.75. The largest absolute Gasteiger partial charge is 0.493 e. The van der Waals surface area contributed by atoms with Gasteiger partial charge < -0.3 is 19.9 Å². The van der Waals surface area contributed by atoms with Crippen molar-refractivity contribution < 1.29 is 19.4 Å². The number of aryl methyl sites for hydroxylation is 1. The molecule has 0 aromatic heterocycles. The number of carbonyl (C=O) groups is 1. The lowest BCUT2D eigenvalue weighted by molar-refractivity contribution is -0.125. The van der Waals surface area contributed by atoms with Crippen molar-refractivity contribution in [2.75, 3.05) is 13.2 Å². The van der Waals surface area contributed by atoms with E-state index in [4.69, 9.17) is 9.47 Å². The average Bonchev–Trinajstić information content (AvgIpc) is 3.11. The summed E-state index contributed by atoms with van der Waals surface area (Å²) in [6.45, 7) is 2.70. The standard InChI is InChI=1S/C22H25NO4/c1-14-2-5-19(6-3-14)27-13-21(25)23-22(17-11-18(24)12-17)16-4-7-20-15(10-16)8-9-26-20/h2-7,10,17-18,22,24H,8-9,11-13H2,1H3,(H,23,25). The van der Waals surface area contributed by atoms with Crippen LogP contribution in [0.2, 0.25) is 0 Å². The minimum atomic E-state index is -0.268. The van der Waals surface area contributed by atoms with Crippen LogP contribution in [0.1, 0.15) is 35.6 Å². The van der Waals surface area contributed by atoms with Crippen LogP contribution < -0.4 is 14.8 Å². The van der Waals surface area contributed by atoms with Gasteiger partial charge in [-0.15, -0.1) is 0 Å². The molecule has 1 amide bonds. The molecule has 0 bridgehead atoms. The number of hydrogen-bond donors (Lipinski definition) is 2. The smallest absolute Gasteiger partial charge is 0.258 e. The quantitative estimate of drug-likeness (QED) is 0.824. The van der Waals surface area contributed by atoms with Crippen LogP contribution in [-0.2, 0) is 11.2 Å². The molecule has 5 heteroatoms. The molecular formula is C22H25NO4. The fourth-order valence-corrected chi connectivity index (χ4v) is 3.77. The first kappa shape index (κ1) is 17.9. The monoisotopic (exact) mass is 367 g/mol. The molecular weight excluding hydrogens is 342 g/mol. The molecule has 27 heavy (non-hydrogen) atoms. The van der Waals surface area contributed by atoms with E-state index in [1.807, 2.05) is 43.3 Å². The fourth-order valence-electron chi connectivity index (χ4n) is 3.77. The number of hydrogen-bond acceptors (Lipinski definition) is 4. The van der Waals surface area contributed by atoms with Gasteiger partial charge in [0, 0.05) is 6.42 Å². The molecule has 2 N–H and O–H groups in total. The Hall–Kier alpha value is -2.53. The van der Waals surface area contributed by atoms with E-state index < -0.39 is 0 Å². The molecule has 0 radical (unpaired) electrons. The normalized spacial score (nSPS) is 21.6. The van der Waals surface area contributed by atoms with Gasteiger partial charge in [-0.25, -0.2) is 0 Å². The Morgan fingerprint density at radius 1 is 1.26 bits per heavy atom. The molecule has 2 aliphatic rings. The molecule has 1 fully saturated rings. The number of aliphatic hydroxyl groups is 1. The summed E-state index contributed by atoms with van der Waals surface area (Å²) in [4.78, 5) is 12.5. The van der Waals surface area contributed by atoms with Crippen LogP contribution in [0.15, 0.2) is 42.5 Å². The summed E-state index contributed by atoms with van der Waals surface area (Å²) in [6.07, 6.45) is 2.04. The molecule has 1 aliphatic heterocycles. The molecule has 1 heterocycles. The highest BCUT2D eigenvalue weighted by Crippen LogP contribution is 2.39. The molecule has 1 atom stereocenters. The van der Waals surface area contributed by atoms with E-state index in [9.17, 15) is 9.90 Å². The van der Waals surface area contributed by atoms with E-state index in [1.165, 1.54) is 5.56 Å². The third-order valence-electron chi connectivity index (χ3n) is 5.40. The summed E-state index contributed by atoms with van der Waals surface area (Å²) in [7, 11) is 0. The van der Waals surface area contributed by atoms with Gasteiger partial charge in [0.2, 0.25) is 0 Å². The zero-order valence-electron chi connectivity index (χ0n) is 15.5. The second-order valence-corrected chi connectivity index (χ2v) is 7.50. The number of benzene rings is 2. The predicted molar refractivity (Wildman–Crippen MR) is 102 cm³/mol. The maximum Gasteiger partial charge on any atom is 0.258 e. The Bertz CT molecular complexity index is 812. The molecule has 1 unspecified atom stereocenters. The average molecular weight is 367 g/mol. The maximum atomic E-state index is 12.5. The minimum Gasteiger partial charge on any atom is -0.493 e. The van der Waals surface area contributed by atoms with Crippen molar-refractivity contribution in [3.05, 3.63) is 59.2 Å². The Kier molecular flexibility index (Phi) is 5.03. The summed E-state index contributed by atoms with van der Waals surface area (Å²) in [5.41, 5.74) is 3.40. The van der Waals surface area contributed by atoms with Gasteiger partial charge in [0.25, 0.3) is 5.91 Å². The van der Waals surface area contributed by atoms with E-state index in [-0.39, 0.29) is 30.6 Å². The Labute approximate surface area is 159 Å². The van der Waals surface area contributed by atoms with Crippen molar-refractivity contribution in [1.82, 2.24) is 5.32 Å². The number of nitrogens with one attached hydrogen (secondary N) is 1. The summed E-state index contributed by atoms with van der Waals surface area (Å²) in [6, 6.07) is 13.6. The molecule has 0 spiro atoms. The Morgan fingerprint density at radius 3 is 2.78 bits per heavy atom. The first-order chi connectivity index (χ1) is 13.1. The zero-order valence-corrected chi connectivity index (χ0v) is 15.5. The van der Waals surface area contributed by atoms with Gasteiger partial charge in [-0.3, -0.25) is 4.79 Å². The molecule has 1 aliphatic carbocycles. The van der Waals surface area contributed by atoms with E-state index in [2.05, 4.69) is 11.4 Å². The minimum absolute atomic E-state index is 0.0249. The molecule has 0 saturated heterocycles. The topological polar surface area (TPSA) is 67.8 Å². The van der Waals surface area contributed by atoms with Gasteiger partial charge >= 0.3 is 0 Å². The fraction of sp³-hybridized carbons (Fsp3) is 0.409. The van der Waals surface area contributed by atoms with Crippen molar-refractivity contribution in [3.63, 3.8) is 0 Å². The lowest BCUT2D eigenvalue weighted by Crippen LogP contribution is -2.42. The van der Waals surface area contributed by atoms with E-state index in [0.717, 1.165) is 23.3 Å². The van der Waals surface area contributed by atoms with Gasteiger partial charge in [-0.05, 0) is 61.1 Å². The highest BCUT2D eigenvalue weighted by atomic mass is 16.5. The zero-order chi connectivity index (χ0) is 18.8. The summed E-state index contributed by atoms with van der Waals surface area (Å²) in [5, 5.41) is 12.8. The van der Waals surface area contributed by atoms with Crippen LogP contribution in [0, 0.1) is 12.8 Å². The van der Waals surface area contributed by atoms with Crippen molar-refractivity contribution in [1.29, 1.82) is 0 Å². The van der Waals surface area contributed by atoms with Gasteiger partial charge in [0.05, 0.1) is 18.8 Å². The molecule has 2 aromatic rings. The first-order valence-corrected chi connectivity index (χ1v) is 9.51. The van der Waals surface area contributed by atoms with Crippen LogP contribution in [-0.4, -0.2) is 30.3 Å². The summed E-state index contributed by atoms with van der Waals surface area (Å²) in [5.74, 6) is 1.70. The van der Waals surface area contributed by atoms with Gasteiger partial charge in [0.15, 0.2) is 6.61 Å². The third-order valence-corrected chi connectivity index (χ3v) is 5.40. The number of ether oxygens (including phenoxy) is 2. The molecule has 2 aromatic carbocycles. The van der Waals surface area contributed by atoms with E-state index in [1.54, 1.807) is 0 Å².